The van der Waals surface area contributed by atoms with Crippen LogP contribution in [0, 0.1) is 0 Å². The molecular formula is C17H23NS. The Bertz CT molecular complexity index is 470. The number of rotatable bonds is 6. The zero-order chi connectivity index (χ0) is 13.7. The van der Waals surface area contributed by atoms with E-state index in [1.54, 1.807) is 0 Å². The van der Waals surface area contributed by atoms with Crippen LogP contribution in [0.2, 0.25) is 0 Å². The van der Waals surface area contributed by atoms with Crippen molar-refractivity contribution in [2.75, 3.05) is 6.54 Å². The van der Waals surface area contributed by atoms with E-state index in [2.05, 4.69) is 67.9 Å². The average Bonchev–Trinajstić information content (AvgIpc) is 2.92. The maximum absolute atomic E-state index is 3.59. The molecule has 0 bridgehead atoms. The predicted octanol–water partition coefficient (Wildman–Crippen LogP) is 4.76. The van der Waals surface area contributed by atoms with Crippen molar-refractivity contribution >= 4 is 11.3 Å². The van der Waals surface area contributed by atoms with Crippen LogP contribution in [-0.2, 0) is 6.42 Å². The molecule has 2 heteroatoms. The molecule has 0 aliphatic rings. The molecule has 0 radical (unpaired) electrons. The Labute approximate surface area is 120 Å². The first kappa shape index (κ1) is 14.3. The number of hydrogen-bond donors (Lipinski definition) is 1. The lowest BCUT2D eigenvalue weighted by Gasteiger charge is -2.15. The summed E-state index contributed by atoms with van der Waals surface area (Å²) in [5.41, 5.74) is 2.78. The fourth-order valence-electron chi connectivity index (χ4n) is 2.15. The van der Waals surface area contributed by atoms with E-state index in [4.69, 9.17) is 0 Å². The van der Waals surface area contributed by atoms with Gasteiger partial charge in [-0.2, -0.15) is 0 Å². The molecule has 2 rings (SSSR count). The zero-order valence-electron chi connectivity index (χ0n) is 12.0. The van der Waals surface area contributed by atoms with Gasteiger partial charge in [0.05, 0.1) is 0 Å². The summed E-state index contributed by atoms with van der Waals surface area (Å²) in [5.74, 6) is 0.608. The van der Waals surface area contributed by atoms with Gasteiger partial charge in [-0.25, -0.2) is 0 Å². The number of nitrogens with one attached hydrogen (secondary N) is 1. The van der Waals surface area contributed by atoms with Gasteiger partial charge >= 0.3 is 0 Å². The SMILES string of the molecule is CC(C)c1ccc(C(C)NCCc2cccs2)cc1. The first-order valence-electron chi connectivity index (χ1n) is 7.02. The van der Waals surface area contributed by atoms with Crippen molar-refractivity contribution in [2.24, 2.45) is 0 Å². The quantitative estimate of drug-likeness (QED) is 0.799. The Morgan fingerprint density at radius 1 is 1.00 bits per heavy atom. The van der Waals surface area contributed by atoms with Gasteiger partial charge in [0, 0.05) is 17.5 Å². The highest BCUT2D eigenvalue weighted by Gasteiger charge is 2.05. The standard InChI is InChI=1S/C17H23NS/c1-13(2)15-6-8-16(9-7-15)14(3)18-11-10-17-5-4-12-19-17/h4-9,12-14,18H,10-11H2,1-3H3. The van der Waals surface area contributed by atoms with Gasteiger partial charge < -0.3 is 5.32 Å². The minimum Gasteiger partial charge on any atom is -0.310 e. The maximum atomic E-state index is 3.59. The van der Waals surface area contributed by atoms with Gasteiger partial charge in [-0.15, -0.1) is 11.3 Å². The van der Waals surface area contributed by atoms with Crippen molar-refractivity contribution in [3.8, 4) is 0 Å². The molecule has 0 saturated carbocycles. The Morgan fingerprint density at radius 2 is 1.68 bits per heavy atom. The molecule has 2 aromatic rings. The number of thiophene rings is 1. The molecule has 0 aliphatic heterocycles. The highest BCUT2D eigenvalue weighted by molar-refractivity contribution is 7.09. The van der Waals surface area contributed by atoms with E-state index in [0.717, 1.165) is 13.0 Å². The average molecular weight is 273 g/mol. The van der Waals surface area contributed by atoms with Crippen molar-refractivity contribution in [3.05, 3.63) is 57.8 Å². The second-order valence-corrected chi connectivity index (χ2v) is 6.36. The van der Waals surface area contributed by atoms with E-state index in [1.807, 2.05) is 11.3 Å². The molecule has 0 fully saturated rings. The minimum absolute atomic E-state index is 0.418. The lowest BCUT2D eigenvalue weighted by Crippen LogP contribution is -2.21. The van der Waals surface area contributed by atoms with Gasteiger partial charge in [0.2, 0.25) is 0 Å². The Kier molecular flexibility index (Phi) is 5.17. The van der Waals surface area contributed by atoms with Crippen LogP contribution in [-0.4, -0.2) is 6.54 Å². The van der Waals surface area contributed by atoms with Crippen molar-refractivity contribution in [3.63, 3.8) is 0 Å². The highest BCUT2D eigenvalue weighted by Crippen LogP contribution is 2.18. The fraction of sp³-hybridized carbons (Fsp3) is 0.412. The van der Waals surface area contributed by atoms with Crippen LogP contribution in [0.15, 0.2) is 41.8 Å². The third kappa shape index (κ3) is 4.19. The van der Waals surface area contributed by atoms with Gasteiger partial charge in [-0.1, -0.05) is 44.2 Å². The normalized spacial score (nSPS) is 12.8. The summed E-state index contributed by atoms with van der Waals surface area (Å²) in [7, 11) is 0. The molecule has 1 unspecified atom stereocenters. The molecule has 0 spiro atoms. The minimum atomic E-state index is 0.418. The third-order valence-corrected chi connectivity index (χ3v) is 4.44. The summed E-state index contributed by atoms with van der Waals surface area (Å²) in [6.07, 6.45) is 1.12. The van der Waals surface area contributed by atoms with Crippen molar-refractivity contribution in [2.45, 2.75) is 39.2 Å². The lowest BCUT2D eigenvalue weighted by molar-refractivity contribution is 0.578. The molecule has 1 heterocycles. The van der Waals surface area contributed by atoms with Gasteiger partial charge in [0.1, 0.15) is 0 Å². The van der Waals surface area contributed by atoms with Gasteiger partial charge in [0.25, 0.3) is 0 Å². The molecule has 0 amide bonds. The van der Waals surface area contributed by atoms with E-state index < -0.39 is 0 Å². The van der Waals surface area contributed by atoms with Crippen LogP contribution >= 0.6 is 11.3 Å². The summed E-state index contributed by atoms with van der Waals surface area (Å²) in [5, 5.41) is 5.73. The molecule has 1 atom stereocenters. The summed E-state index contributed by atoms with van der Waals surface area (Å²) in [6, 6.07) is 13.7. The van der Waals surface area contributed by atoms with Crippen LogP contribution in [0.1, 0.15) is 48.7 Å². The Balaban J connectivity index is 1.83. The number of hydrogen-bond acceptors (Lipinski definition) is 2. The molecule has 19 heavy (non-hydrogen) atoms. The zero-order valence-corrected chi connectivity index (χ0v) is 12.8. The molecular weight excluding hydrogens is 250 g/mol. The molecule has 1 nitrogen and oxygen atoms in total. The van der Waals surface area contributed by atoms with Crippen LogP contribution in [0.5, 0.6) is 0 Å². The Morgan fingerprint density at radius 3 is 2.26 bits per heavy atom. The highest BCUT2D eigenvalue weighted by atomic mass is 32.1. The molecule has 0 saturated heterocycles. The monoisotopic (exact) mass is 273 g/mol. The predicted molar refractivity (Wildman–Crippen MR) is 85.0 cm³/mol. The summed E-state index contributed by atoms with van der Waals surface area (Å²) < 4.78 is 0. The summed E-state index contributed by atoms with van der Waals surface area (Å²) in [4.78, 5) is 1.45. The van der Waals surface area contributed by atoms with Crippen LogP contribution in [0.3, 0.4) is 0 Å². The molecule has 1 aromatic carbocycles. The van der Waals surface area contributed by atoms with Crippen molar-refractivity contribution in [1.82, 2.24) is 5.32 Å². The van der Waals surface area contributed by atoms with Crippen LogP contribution in [0.4, 0.5) is 0 Å². The summed E-state index contributed by atoms with van der Waals surface area (Å²) in [6.45, 7) is 7.74. The number of benzene rings is 1. The van der Waals surface area contributed by atoms with Gasteiger partial charge in [0.15, 0.2) is 0 Å². The van der Waals surface area contributed by atoms with Gasteiger partial charge in [-0.3, -0.25) is 0 Å². The van der Waals surface area contributed by atoms with E-state index in [0.29, 0.717) is 12.0 Å². The van der Waals surface area contributed by atoms with Gasteiger partial charge in [-0.05, 0) is 41.8 Å². The van der Waals surface area contributed by atoms with E-state index in [-0.39, 0.29) is 0 Å². The lowest BCUT2D eigenvalue weighted by atomic mass is 9.99. The summed E-state index contributed by atoms with van der Waals surface area (Å²) >= 11 is 1.84. The van der Waals surface area contributed by atoms with E-state index >= 15 is 0 Å². The molecule has 0 aliphatic carbocycles. The Hall–Kier alpha value is -1.12. The first-order valence-corrected chi connectivity index (χ1v) is 7.90. The third-order valence-electron chi connectivity index (χ3n) is 3.51. The maximum Gasteiger partial charge on any atom is 0.0291 e. The van der Waals surface area contributed by atoms with Crippen molar-refractivity contribution < 1.29 is 0 Å². The van der Waals surface area contributed by atoms with Crippen LogP contribution in [0.25, 0.3) is 0 Å². The van der Waals surface area contributed by atoms with Crippen LogP contribution < -0.4 is 5.32 Å². The first-order chi connectivity index (χ1) is 9.16. The topological polar surface area (TPSA) is 12.0 Å². The van der Waals surface area contributed by atoms with E-state index in [9.17, 15) is 0 Å². The molecule has 1 N–H and O–H groups in total. The second-order valence-electron chi connectivity index (χ2n) is 5.33. The fourth-order valence-corrected chi connectivity index (χ4v) is 2.86. The largest absolute Gasteiger partial charge is 0.310 e. The molecule has 1 aromatic heterocycles. The second kappa shape index (κ2) is 6.88. The smallest absolute Gasteiger partial charge is 0.0291 e. The van der Waals surface area contributed by atoms with Crippen molar-refractivity contribution in [1.29, 1.82) is 0 Å². The van der Waals surface area contributed by atoms with E-state index in [1.165, 1.54) is 16.0 Å². The molecule has 102 valence electrons.